The highest BCUT2D eigenvalue weighted by atomic mass is 32.2. The second-order valence-corrected chi connectivity index (χ2v) is 8.93. The van der Waals surface area contributed by atoms with Crippen LogP contribution in [0.5, 0.6) is 11.8 Å². The molecule has 2 N–H and O–H groups in total. The van der Waals surface area contributed by atoms with E-state index in [4.69, 9.17) is 9.15 Å². The molecule has 0 aliphatic heterocycles. The molecule has 3 heterocycles. The third kappa shape index (κ3) is 4.47. The van der Waals surface area contributed by atoms with Gasteiger partial charge in [-0.15, -0.1) is 0 Å². The minimum Gasteiger partial charge on any atom is -0.422 e. The highest BCUT2D eigenvalue weighted by Gasteiger charge is 2.20. The monoisotopic (exact) mass is 491 g/mol. The topological polar surface area (TPSA) is 128 Å². The zero-order valence-corrected chi connectivity index (χ0v) is 19.0. The third-order valence-electron chi connectivity index (χ3n) is 5.15. The third-order valence-corrected chi connectivity index (χ3v) is 6.15. The number of nitrogens with one attached hydrogen (secondary N) is 2. The molecule has 34 heavy (non-hydrogen) atoms. The molecular weight excluding hydrogens is 472 g/mol. The Morgan fingerprint density at radius 1 is 1.21 bits per heavy atom. The van der Waals surface area contributed by atoms with E-state index in [1.807, 2.05) is 9.44 Å². The normalized spacial score (nSPS) is 11.7. The van der Waals surface area contributed by atoms with Gasteiger partial charge in [-0.05, 0) is 30.2 Å². The van der Waals surface area contributed by atoms with E-state index in [1.54, 1.807) is 24.7 Å². The molecule has 0 bridgehead atoms. The molecule has 0 aliphatic carbocycles. The van der Waals surface area contributed by atoms with E-state index in [2.05, 4.69) is 9.97 Å². The number of aromatic nitrogens is 3. The standard InChI is InChI=1S/C21H19F2N5O5S/c1-11-13-9-15(22)17(33-21-26-6-7-28(21)3)10-16(13)32-20(29)14(11)8-12-4-5-25-19(18(12)23)27-34(30,31)24-2/h4-7,9-10,24H,8H2,1-3H3,(H,25,27). The van der Waals surface area contributed by atoms with Gasteiger partial charge < -0.3 is 13.7 Å². The average Bonchev–Trinajstić information content (AvgIpc) is 3.19. The van der Waals surface area contributed by atoms with E-state index in [9.17, 15) is 22.0 Å². The summed E-state index contributed by atoms with van der Waals surface area (Å²) in [4.78, 5) is 20.4. The van der Waals surface area contributed by atoms with Gasteiger partial charge in [-0.2, -0.15) is 8.42 Å². The fraction of sp³-hybridized carbons (Fsp3) is 0.190. The van der Waals surface area contributed by atoms with Crippen LogP contribution in [0.1, 0.15) is 16.7 Å². The first-order valence-corrected chi connectivity index (χ1v) is 11.3. The summed E-state index contributed by atoms with van der Waals surface area (Å²) < 4.78 is 69.4. The Balaban J connectivity index is 1.73. The Hall–Kier alpha value is -3.84. The summed E-state index contributed by atoms with van der Waals surface area (Å²) in [5.74, 6) is -2.38. The number of fused-ring (bicyclic) bond motifs is 1. The number of halogens is 2. The van der Waals surface area contributed by atoms with E-state index >= 15 is 0 Å². The summed E-state index contributed by atoms with van der Waals surface area (Å²) in [5.41, 5.74) is -0.226. The van der Waals surface area contributed by atoms with Crippen LogP contribution in [-0.4, -0.2) is 30.0 Å². The van der Waals surface area contributed by atoms with Crippen molar-refractivity contribution in [3.63, 3.8) is 0 Å². The minimum absolute atomic E-state index is 0.00578. The number of imidazole rings is 1. The Kier molecular flexibility index (Phi) is 6.06. The van der Waals surface area contributed by atoms with Crippen molar-refractivity contribution in [2.75, 3.05) is 11.8 Å². The molecule has 4 aromatic rings. The number of hydrogen-bond acceptors (Lipinski definition) is 7. The quantitative estimate of drug-likeness (QED) is 0.381. The van der Waals surface area contributed by atoms with Crippen molar-refractivity contribution in [3.8, 4) is 11.8 Å². The highest BCUT2D eigenvalue weighted by Crippen LogP contribution is 2.31. The van der Waals surface area contributed by atoms with Crippen LogP contribution in [0.15, 0.2) is 46.0 Å². The summed E-state index contributed by atoms with van der Waals surface area (Å²) in [7, 11) is -1.18. The first-order chi connectivity index (χ1) is 16.1. The molecule has 0 unspecified atom stereocenters. The van der Waals surface area contributed by atoms with E-state index in [0.717, 1.165) is 13.1 Å². The molecule has 0 saturated heterocycles. The fourth-order valence-electron chi connectivity index (χ4n) is 3.28. The van der Waals surface area contributed by atoms with Gasteiger partial charge in [0, 0.05) is 56.1 Å². The predicted molar refractivity (Wildman–Crippen MR) is 119 cm³/mol. The van der Waals surface area contributed by atoms with E-state index in [0.29, 0.717) is 10.9 Å². The van der Waals surface area contributed by atoms with Crippen LogP contribution in [0.4, 0.5) is 14.6 Å². The lowest BCUT2D eigenvalue weighted by Gasteiger charge is -2.12. The number of benzene rings is 1. The lowest BCUT2D eigenvalue weighted by molar-refractivity contribution is 0.397. The van der Waals surface area contributed by atoms with Gasteiger partial charge in [-0.25, -0.2) is 28.3 Å². The summed E-state index contributed by atoms with van der Waals surface area (Å²) in [6, 6.07) is 3.85. The first kappa shape index (κ1) is 23.3. The van der Waals surface area contributed by atoms with Crippen molar-refractivity contribution in [2.24, 2.45) is 7.05 Å². The van der Waals surface area contributed by atoms with Gasteiger partial charge >= 0.3 is 11.6 Å². The molecule has 0 amide bonds. The first-order valence-electron chi connectivity index (χ1n) is 9.85. The van der Waals surface area contributed by atoms with Crippen molar-refractivity contribution in [2.45, 2.75) is 13.3 Å². The minimum atomic E-state index is -4.00. The van der Waals surface area contributed by atoms with Gasteiger partial charge in [0.05, 0.1) is 0 Å². The summed E-state index contributed by atoms with van der Waals surface area (Å²) >= 11 is 0. The maximum absolute atomic E-state index is 14.9. The van der Waals surface area contributed by atoms with Crippen LogP contribution >= 0.6 is 0 Å². The Morgan fingerprint density at radius 3 is 2.65 bits per heavy atom. The number of nitrogens with zero attached hydrogens (tertiary/aromatic N) is 3. The van der Waals surface area contributed by atoms with Crippen LogP contribution in [0.3, 0.4) is 0 Å². The summed E-state index contributed by atoms with van der Waals surface area (Å²) in [5, 5.41) is 0.296. The molecule has 0 spiro atoms. The molecule has 0 aliphatic rings. The molecule has 0 saturated carbocycles. The predicted octanol–water partition coefficient (Wildman–Crippen LogP) is 2.77. The second kappa shape index (κ2) is 8.83. The van der Waals surface area contributed by atoms with Gasteiger partial charge in [0.2, 0.25) is 0 Å². The Labute approximate surface area is 192 Å². The highest BCUT2D eigenvalue weighted by molar-refractivity contribution is 7.90. The van der Waals surface area contributed by atoms with Gasteiger partial charge in [0.1, 0.15) is 5.58 Å². The van der Waals surface area contributed by atoms with Crippen molar-refractivity contribution in [1.82, 2.24) is 19.3 Å². The maximum atomic E-state index is 14.9. The SMILES string of the molecule is CNS(=O)(=O)Nc1nccc(Cc2c(C)c3cc(F)c(Oc4nccn4C)cc3oc2=O)c1F. The van der Waals surface area contributed by atoms with Crippen molar-refractivity contribution in [1.29, 1.82) is 0 Å². The molecule has 0 fully saturated rings. The molecule has 178 valence electrons. The van der Waals surface area contributed by atoms with Crippen molar-refractivity contribution >= 4 is 27.0 Å². The molecule has 13 heteroatoms. The van der Waals surface area contributed by atoms with Crippen molar-refractivity contribution in [3.05, 3.63) is 75.5 Å². The van der Waals surface area contributed by atoms with Crippen LogP contribution in [0, 0.1) is 18.6 Å². The zero-order chi connectivity index (χ0) is 24.6. The molecular formula is C21H19F2N5O5S. The number of aryl methyl sites for hydroxylation is 2. The lowest BCUT2D eigenvalue weighted by atomic mass is 9.99. The van der Waals surface area contributed by atoms with Crippen LogP contribution in [-0.2, 0) is 23.7 Å². The van der Waals surface area contributed by atoms with Gasteiger partial charge in [-0.1, -0.05) is 0 Å². The van der Waals surface area contributed by atoms with E-state index in [-0.39, 0.29) is 34.9 Å². The van der Waals surface area contributed by atoms with Gasteiger partial charge in [-0.3, -0.25) is 4.72 Å². The van der Waals surface area contributed by atoms with Gasteiger partial charge in [0.15, 0.2) is 23.2 Å². The van der Waals surface area contributed by atoms with E-state index in [1.165, 1.54) is 24.5 Å². The lowest BCUT2D eigenvalue weighted by Crippen LogP contribution is -2.27. The molecule has 3 aromatic heterocycles. The molecule has 1 aromatic carbocycles. The Morgan fingerprint density at radius 2 is 1.97 bits per heavy atom. The van der Waals surface area contributed by atoms with Crippen LogP contribution in [0.2, 0.25) is 0 Å². The largest absolute Gasteiger partial charge is 0.422 e. The zero-order valence-electron chi connectivity index (χ0n) is 18.2. The molecule has 0 radical (unpaired) electrons. The number of hydrogen-bond donors (Lipinski definition) is 2. The number of rotatable bonds is 7. The smallest absolute Gasteiger partial charge is 0.340 e. The van der Waals surface area contributed by atoms with Crippen molar-refractivity contribution < 1.29 is 26.4 Å². The number of ether oxygens (including phenoxy) is 1. The summed E-state index contributed by atoms with van der Waals surface area (Å²) in [6.45, 7) is 1.58. The summed E-state index contributed by atoms with van der Waals surface area (Å²) in [6.07, 6.45) is 4.07. The van der Waals surface area contributed by atoms with E-state index < -0.39 is 33.3 Å². The van der Waals surface area contributed by atoms with Crippen LogP contribution in [0.25, 0.3) is 11.0 Å². The van der Waals surface area contributed by atoms with Crippen LogP contribution < -0.4 is 19.8 Å². The average molecular weight is 491 g/mol. The molecule has 4 rings (SSSR count). The molecule has 10 nitrogen and oxygen atoms in total. The fourth-order valence-corrected chi connectivity index (χ4v) is 3.78. The number of anilines is 1. The second-order valence-electron chi connectivity index (χ2n) is 7.31. The maximum Gasteiger partial charge on any atom is 0.340 e. The molecule has 0 atom stereocenters. The number of pyridine rings is 1. The Bertz CT molecular complexity index is 1570. The van der Waals surface area contributed by atoms with Gasteiger partial charge in [0.25, 0.3) is 10.2 Å².